The van der Waals surface area contributed by atoms with Crippen LogP contribution in [0.2, 0.25) is 0 Å². The normalized spacial score (nSPS) is 52.7. The van der Waals surface area contributed by atoms with Crippen LogP contribution in [0.1, 0.15) is 66.7 Å². The number of carbonyl (C=O) groups is 2. The average molecular weight is 503 g/mol. The summed E-state index contributed by atoms with van der Waals surface area (Å²) < 4.78 is 25.1. The van der Waals surface area contributed by atoms with Crippen LogP contribution in [-0.4, -0.2) is 54.9 Å². The molecule has 200 valence electrons. The molecule has 1 N–H and O–H groups in total. The lowest BCUT2D eigenvalue weighted by molar-refractivity contribution is -0.257. The fourth-order valence-corrected chi connectivity index (χ4v) is 10.2. The zero-order valence-electron chi connectivity index (χ0n) is 22.3. The third-order valence-electron chi connectivity index (χ3n) is 11.4. The molecule has 36 heavy (non-hydrogen) atoms. The van der Waals surface area contributed by atoms with Gasteiger partial charge in [0.15, 0.2) is 11.9 Å². The maximum atomic E-state index is 13.2. The van der Waals surface area contributed by atoms with Gasteiger partial charge >= 0.3 is 6.16 Å². The Morgan fingerprint density at radius 3 is 2.69 bits per heavy atom. The molecule has 4 bridgehead atoms. The number of hydrogen-bond acceptors (Lipinski definition) is 6. The smallest absolute Gasteiger partial charge is 0.450 e. The van der Waals surface area contributed by atoms with Crippen LogP contribution >= 0.6 is 0 Å². The Labute approximate surface area is 214 Å². The van der Waals surface area contributed by atoms with Crippen LogP contribution in [0.4, 0.5) is 4.79 Å². The Bertz CT molecular complexity index is 961. The van der Waals surface area contributed by atoms with E-state index in [1.807, 2.05) is 0 Å². The molecule has 6 aliphatic rings. The van der Waals surface area contributed by atoms with E-state index in [1.165, 1.54) is 0 Å². The summed E-state index contributed by atoms with van der Waals surface area (Å²) in [6.07, 6.45) is 5.95. The third-order valence-corrected chi connectivity index (χ3v) is 11.4. The summed E-state index contributed by atoms with van der Waals surface area (Å²) >= 11 is 0. The van der Waals surface area contributed by atoms with E-state index in [0.717, 1.165) is 37.7 Å². The molecule has 12 atom stereocenters. The summed E-state index contributed by atoms with van der Waals surface area (Å²) in [6, 6.07) is 0. The second-order valence-electron chi connectivity index (χ2n) is 13.2. The van der Waals surface area contributed by atoms with Crippen molar-refractivity contribution >= 4 is 12.4 Å². The first-order chi connectivity index (χ1) is 17.1. The number of fused-ring (bicyclic) bond motifs is 3. The zero-order valence-corrected chi connectivity index (χ0v) is 22.3. The van der Waals surface area contributed by atoms with Crippen LogP contribution in [0.5, 0.6) is 0 Å². The van der Waals surface area contributed by atoms with Gasteiger partial charge in [0.05, 0.1) is 24.2 Å². The summed E-state index contributed by atoms with van der Waals surface area (Å²) in [7, 11) is 0. The molecule has 0 aromatic carbocycles. The average Bonchev–Trinajstić information content (AvgIpc) is 3.49. The van der Waals surface area contributed by atoms with E-state index in [2.05, 4.69) is 40.7 Å². The molecule has 0 spiro atoms. The monoisotopic (exact) mass is 502 g/mol. The molecule has 2 heterocycles. The van der Waals surface area contributed by atoms with E-state index in [4.69, 9.17) is 18.9 Å². The molecule has 7 heteroatoms. The number of ether oxygens (including phenoxy) is 4. The van der Waals surface area contributed by atoms with Crippen molar-refractivity contribution in [1.29, 1.82) is 0 Å². The second-order valence-corrected chi connectivity index (χ2v) is 13.2. The van der Waals surface area contributed by atoms with E-state index in [0.29, 0.717) is 43.1 Å². The number of carboxylic acid groups (broad SMARTS) is 1. The van der Waals surface area contributed by atoms with Crippen LogP contribution < -0.4 is 0 Å². The molecular formula is C29H42O7. The van der Waals surface area contributed by atoms with Gasteiger partial charge in [-0.25, -0.2) is 4.79 Å². The molecule has 2 saturated heterocycles. The number of carbonyl (C=O) groups excluding carboxylic acids is 1. The van der Waals surface area contributed by atoms with E-state index >= 15 is 0 Å². The van der Waals surface area contributed by atoms with Crippen LogP contribution in [0, 0.1) is 52.3 Å². The van der Waals surface area contributed by atoms with E-state index in [1.54, 1.807) is 0 Å². The summed E-state index contributed by atoms with van der Waals surface area (Å²) in [4.78, 5) is 25.5. The Balaban J connectivity index is 1.38. The Kier molecular flexibility index (Phi) is 5.72. The quantitative estimate of drug-likeness (QED) is 0.308. The molecule has 3 saturated carbocycles. The van der Waals surface area contributed by atoms with Crippen molar-refractivity contribution in [2.75, 3.05) is 13.2 Å². The standard InChI is InChI=1S/C29H42O7/c1-15(2)22-8-19-10-27(13-30)21-7-6-16(3)20(21)11-28(19,29(22,27)36-26(31)32)14-34-24-9-23-25(18(5)35-24)17(4)12-33-23/h8,13,15-21,23-25H,6-7,9-12,14H2,1-5H3,(H,31,32)/t16-,17-,18-,19+,20-,21-,23+,24-,25+,27-,28+,29+/m1/s1. The molecule has 0 radical (unpaired) electrons. The molecule has 4 aliphatic carbocycles. The molecule has 2 aliphatic heterocycles. The van der Waals surface area contributed by atoms with Gasteiger partial charge in [0.2, 0.25) is 0 Å². The van der Waals surface area contributed by atoms with Gasteiger partial charge in [-0.1, -0.05) is 40.2 Å². The number of hydrogen-bond donors (Lipinski definition) is 1. The largest absolute Gasteiger partial charge is 0.506 e. The summed E-state index contributed by atoms with van der Waals surface area (Å²) in [5.74, 6) is 1.97. The van der Waals surface area contributed by atoms with Gasteiger partial charge in [0, 0.05) is 24.4 Å². The van der Waals surface area contributed by atoms with Crippen molar-refractivity contribution in [3.63, 3.8) is 0 Å². The first-order valence-corrected chi connectivity index (χ1v) is 14.1. The van der Waals surface area contributed by atoms with E-state index in [9.17, 15) is 14.7 Å². The summed E-state index contributed by atoms with van der Waals surface area (Å²) in [5.41, 5.74) is -1.64. The zero-order chi connectivity index (χ0) is 25.6. The highest BCUT2D eigenvalue weighted by Crippen LogP contribution is 2.79. The molecule has 7 nitrogen and oxygen atoms in total. The first kappa shape index (κ1) is 24.9. The van der Waals surface area contributed by atoms with Crippen molar-refractivity contribution in [3.8, 4) is 0 Å². The lowest BCUT2D eigenvalue weighted by Crippen LogP contribution is -2.67. The van der Waals surface area contributed by atoms with Gasteiger partial charge < -0.3 is 28.8 Å². The fraction of sp³-hybridized carbons (Fsp3) is 0.862. The van der Waals surface area contributed by atoms with Crippen LogP contribution in [0.15, 0.2) is 11.6 Å². The maximum Gasteiger partial charge on any atom is 0.506 e. The molecule has 5 fully saturated rings. The van der Waals surface area contributed by atoms with Crippen LogP contribution in [-0.2, 0) is 23.7 Å². The van der Waals surface area contributed by atoms with Crippen molar-refractivity contribution < 1.29 is 33.6 Å². The lowest BCUT2D eigenvalue weighted by atomic mass is 9.48. The lowest BCUT2D eigenvalue weighted by Gasteiger charge is -2.59. The third kappa shape index (κ3) is 2.97. The Morgan fingerprint density at radius 2 is 2.00 bits per heavy atom. The van der Waals surface area contributed by atoms with Crippen LogP contribution in [0.3, 0.4) is 0 Å². The SMILES string of the molecule is CC(C)C1=C[C@H]2C[C@@]3(C=O)[C@@H]4CC[C@@H](C)[C@H]4C[C@@]2(CO[C@H]2C[C@@H]4OC[C@@H](C)[C@H]4[C@@H](C)O2)[C@]13OC(=O)O. The minimum absolute atomic E-state index is 0.0392. The summed E-state index contributed by atoms with van der Waals surface area (Å²) in [5, 5.41) is 10.1. The highest BCUT2D eigenvalue weighted by molar-refractivity contribution is 5.73. The molecule has 6 rings (SSSR count). The topological polar surface area (TPSA) is 91.3 Å². The fourth-order valence-electron chi connectivity index (χ4n) is 10.2. The van der Waals surface area contributed by atoms with Gasteiger partial charge in [-0.2, -0.15) is 0 Å². The van der Waals surface area contributed by atoms with E-state index < -0.39 is 28.9 Å². The maximum absolute atomic E-state index is 13.2. The highest BCUT2D eigenvalue weighted by atomic mass is 16.7. The van der Waals surface area contributed by atoms with Gasteiger partial charge in [-0.05, 0) is 67.3 Å². The van der Waals surface area contributed by atoms with Crippen LogP contribution in [0.25, 0.3) is 0 Å². The number of allylic oxidation sites excluding steroid dienone is 1. The molecule has 0 aromatic heterocycles. The van der Waals surface area contributed by atoms with Gasteiger partial charge in [-0.3, -0.25) is 0 Å². The van der Waals surface area contributed by atoms with Gasteiger partial charge in [0.1, 0.15) is 6.29 Å². The van der Waals surface area contributed by atoms with Crippen molar-refractivity contribution in [2.45, 2.75) is 90.8 Å². The van der Waals surface area contributed by atoms with Crippen molar-refractivity contribution in [3.05, 3.63) is 11.6 Å². The summed E-state index contributed by atoms with van der Waals surface area (Å²) in [6.45, 7) is 11.9. The van der Waals surface area contributed by atoms with E-state index in [-0.39, 0.29) is 30.0 Å². The number of rotatable bonds is 6. The Morgan fingerprint density at radius 1 is 1.22 bits per heavy atom. The van der Waals surface area contributed by atoms with Crippen molar-refractivity contribution in [2.24, 2.45) is 52.3 Å². The predicted molar refractivity (Wildman–Crippen MR) is 131 cm³/mol. The first-order valence-electron chi connectivity index (χ1n) is 14.1. The van der Waals surface area contributed by atoms with Gasteiger partial charge in [-0.15, -0.1) is 0 Å². The van der Waals surface area contributed by atoms with Crippen molar-refractivity contribution in [1.82, 2.24) is 0 Å². The molecule has 0 amide bonds. The highest BCUT2D eigenvalue weighted by Gasteiger charge is 2.84. The predicted octanol–water partition coefficient (Wildman–Crippen LogP) is 5.08. The van der Waals surface area contributed by atoms with Gasteiger partial charge in [0.25, 0.3) is 0 Å². The minimum Gasteiger partial charge on any atom is -0.450 e. The molecule has 0 unspecified atom stereocenters. The second kappa shape index (κ2) is 8.28. The minimum atomic E-state index is -1.30. The molecular weight excluding hydrogens is 460 g/mol. The Hall–Kier alpha value is -1.44. The molecule has 0 aromatic rings. The number of aldehydes is 1.